The van der Waals surface area contributed by atoms with Gasteiger partial charge in [-0.1, -0.05) is 29.8 Å². The normalized spacial score (nSPS) is 20.4. The molecule has 1 heterocycles. The second-order valence-electron chi connectivity index (χ2n) is 5.89. The van der Waals surface area contributed by atoms with Gasteiger partial charge in [0.2, 0.25) is 0 Å². The Kier molecular flexibility index (Phi) is 4.72. The van der Waals surface area contributed by atoms with Gasteiger partial charge in [-0.25, -0.2) is 4.79 Å². The lowest BCUT2D eigenvalue weighted by Crippen LogP contribution is -2.52. The second kappa shape index (κ2) is 6.94. The molecule has 6 heteroatoms. The molecule has 1 aliphatic rings. The largest absolute Gasteiger partial charge is 0.497 e. The zero-order valence-corrected chi connectivity index (χ0v) is 14.0. The third-order valence-electron chi connectivity index (χ3n) is 4.23. The molecule has 0 spiro atoms. The van der Waals surface area contributed by atoms with Crippen molar-refractivity contribution in [1.82, 2.24) is 0 Å². The van der Waals surface area contributed by atoms with Crippen molar-refractivity contribution in [3.63, 3.8) is 0 Å². The smallest absolute Gasteiger partial charge is 0.335 e. The van der Waals surface area contributed by atoms with Crippen LogP contribution in [0.4, 0.5) is 5.69 Å². The van der Waals surface area contributed by atoms with Crippen LogP contribution in [0.1, 0.15) is 17.2 Å². The van der Waals surface area contributed by atoms with Crippen LogP contribution in [0.2, 0.25) is 0 Å². The van der Waals surface area contributed by atoms with Crippen molar-refractivity contribution in [2.24, 2.45) is 0 Å². The highest BCUT2D eigenvalue weighted by Gasteiger charge is 2.42. The molecule has 0 radical (unpaired) electrons. The summed E-state index contributed by atoms with van der Waals surface area (Å²) < 4.78 is 10.5. The lowest BCUT2D eigenvalue weighted by Gasteiger charge is -2.39. The minimum Gasteiger partial charge on any atom is -0.497 e. The summed E-state index contributed by atoms with van der Waals surface area (Å²) in [5.74, 6) is -0.726. The molecule has 2 unspecified atom stereocenters. The lowest BCUT2D eigenvalue weighted by molar-refractivity contribution is -0.157. The van der Waals surface area contributed by atoms with Crippen LogP contribution in [-0.4, -0.2) is 36.8 Å². The van der Waals surface area contributed by atoms with Gasteiger partial charge in [0.15, 0.2) is 6.10 Å². The van der Waals surface area contributed by atoms with Crippen LogP contribution in [0.25, 0.3) is 0 Å². The van der Waals surface area contributed by atoms with Crippen LogP contribution >= 0.6 is 0 Å². The highest BCUT2D eigenvalue weighted by atomic mass is 16.5. The van der Waals surface area contributed by atoms with E-state index in [2.05, 4.69) is 0 Å². The summed E-state index contributed by atoms with van der Waals surface area (Å²) in [7, 11) is 1.56. The summed E-state index contributed by atoms with van der Waals surface area (Å²) in [6.07, 6.45) is -1.14. The Labute approximate surface area is 145 Å². The number of anilines is 1. The first-order valence-corrected chi connectivity index (χ1v) is 7.88. The number of carboxylic acids is 1. The number of nitrogens with zero attached hydrogens (tertiary/aromatic N) is 1. The minimum absolute atomic E-state index is 0.272. The molecule has 0 aromatic heterocycles. The van der Waals surface area contributed by atoms with E-state index in [9.17, 15) is 14.7 Å². The monoisotopic (exact) mass is 341 g/mol. The van der Waals surface area contributed by atoms with E-state index < -0.39 is 18.1 Å². The Morgan fingerprint density at radius 3 is 2.36 bits per heavy atom. The molecule has 0 bridgehead atoms. The third-order valence-corrected chi connectivity index (χ3v) is 4.23. The maximum Gasteiger partial charge on any atom is 0.335 e. The second-order valence-corrected chi connectivity index (χ2v) is 5.89. The molecule has 25 heavy (non-hydrogen) atoms. The number of morpholine rings is 1. The summed E-state index contributed by atoms with van der Waals surface area (Å²) in [5.41, 5.74) is 2.36. The van der Waals surface area contributed by atoms with Crippen molar-refractivity contribution >= 4 is 17.6 Å². The standard InChI is InChI=1S/C19H19NO5/c1-12-3-5-13(6-4-12)17-18(19(22)23)25-11-16(21)20(17)14-7-9-15(24-2)10-8-14/h3-10,17-18H,11H2,1-2H3,(H,22,23). The number of carbonyl (C=O) groups excluding carboxylic acids is 1. The van der Waals surface area contributed by atoms with E-state index in [1.807, 2.05) is 31.2 Å². The molecule has 130 valence electrons. The summed E-state index contributed by atoms with van der Waals surface area (Å²) in [4.78, 5) is 25.7. The number of hydrogen-bond donors (Lipinski definition) is 1. The zero-order chi connectivity index (χ0) is 18.0. The number of carbonyl (C=O) groups is 2. The van der Waals surface area contributed by atoms with Gasteiger partial charge in [-0.2, -0.15) is 0 Å². The summed E-state index contributed by atoms with van der Waals surface area (Å²) >= 11 is 0. The Hall–Kier alpha value is -2.86. The van der Waals surface area contributed by atoms with E-state index in [-0.39, 0.29) is 12.5 Å². The minimum atomic E-state index is -1.14. The molecule has 3 rings (SSSR count). The van der Waals surface area contributed by atoms with E-state index in [0.29, 0.717) is 17.0 Å². The summed E-state index contributed by atoms with van der Waals surface area (Å²) in [6, 6.07) is 13.6. The number of amides is 1. The lowest BCUT2D eigenvalue weighted by atomic mass is 9.96. The molecular weight excluding hydrogens is 322 g/mol. The number of ether oxygens (including phenoxy) is 2. The summed E-state index contributed by atoms with van der Waals surface area (Å²) in [6.45, 7) is 1.67. The molecule has 1 amide bonds. The van der Waals surface area contributed by atoms with Crippen molar-refractivity contribution in [3.05, 3.63) is 59.7 Å². The topological polar surface area (TPSA) is 76.1 Å². The van der Waals surface area contributed by atoms with Gasteiger partial charge in [0.05, 0.1) is 13.2 Å². The van der Waals surface area contributed by atoms with Crippen LogP contribution < -0.4 is 9.64 Å². The number of carboxylic acid groups (broad SMARTS) is 1. The number of rotatable bonds is 4. The maximum absolute atomic E-state index is 12.5. The molecule has 1 saturated heterocycles. The van der Waals surface area contributed by atoms with Crippen LogP contribution in [0.15, 0.2) is 48.5 Å². The average molecular weight is 341 g/mol. The van der Waals surface area contributed by atoms with Gasteiger partial charge in [0.25, 0.3) is 5.91 Å². The van der Waals surface area contributed by atoms with Gasteiger partial charge in [-0.15, -0.1) is 0 Å². The van der Waals surface area contributed by atoms with Crippen LogP contribution in [-0.2, 0) is 14.3 Å². The summed E-state index contributed by atoms with van der Waals surface area (Å²) in [5, 5.41) is 9.57. The molecule has 0 aliphatic carbocycles. The van der Waals surface area contributed by atoms with E-state index in [1.165, 1.54) is 4.90 Å². The van der Waals surface area contributed by atoms with Gasteiger partial charge in [-0.3, -0.25) is 9.69 Å². The van der Waals surface area contributed by atoms with Crippen molar-refractivity contribution in [2.45, 2.75) is 19.1 Å². The van der Waals surface area contributed by atoms with Crippen molar-refractivity contribution < 1.29 is 24.2 Å². The highest BCUT2D eigenvalue weighted by Crippen LogP contribution is 2.35. The Morgan fingerprint density at radius 2 is 1.80 bits per heavy atom. The first-order valence-electron chi connectivity index (χ1n) is 7.88. The average Bonchev–Trinajstić information content (AvgIpc) is 2.62. The molecule has 6 nitrogen and oxygen atoms in total. The van der Waals surface area contributed by atoms with E-state index in [4.69, 9.17) is 9.47 Å². The van der Waals surface area contributed by atoms with Crippen molar-refractivity contribution in [1.29, 1.82) is 0 Å². The van der Waals surface area contributed by atoms with Crippen molar-refractivity contribution in [2.75, 3.05) is 18.6 Å². The molecule has 1 fully saturated rings. The zero-order valence-electron chi connectivity index (χ0n) is 14.0. The molecular formula is C19H19NO5. The van der Waals surface area contributed by atoms with Gasteiger partial charge in [0.1, 0.15) is 12.4 Å². The first-order chi connectivity index (χ1) is 12.0. The molecule has 2 atom stereocenters. The SMILES string of the molecule is COc1ccc(N2C(=O)COC(C(=O)O)C2c2ccc(C)cc2)cc1. The number of methoxy groups -OCH3 is 1. The molecule has 0 saturated carbocycles. The van der Waals surface area contributed by atoms with Gasteiger partial charge in [-0.05, 0) is 36.8 Å². The van der Waals surface area contributed by atoms with Crippen LogP contribution in [0.3, 0.4) is 0 Å². The van der Waals surface area contributed by atoms with Crippen LogP contribution in [0.5, 0.6) is 5.75 Å². The fraction of sp³-hybridized carbons (Fsp3) is 0.263. The molecule has 1 aliphatic heterocycles. The number of aliphatic carboxylic acids is 1. The fourth-order valence-corrected chi connectivity index (χ4v) is 2.95. The predicted molar refractivity (Wildman–Crippen MR) is 91.8 cm³/mol. The predicted octanol–water partition coefficient (Wildman–Crippen LogP) is 2.56. The Bertz CT molecular complexity index is 769. The fourth-order valence-electron chi connectivity index (χ4n) is 2.95. The van der Waals surface area contributed by atoms with E-state index >= 15 is 0 Å². The molecule has 2 aromatic carbocycles. The van der Waals surface area contributed by atoms with Crippen molar-refractivity contribution in [3.8, 4) is 5.75 Å². The quantitative estimate of drug-likeness (QED) is 0.925. The molecule has 2 aromatic rings. The third kappa shape index (κ3) is 3.34. The van der Waals surface area contributed by atoms with Gasteiger partial charge >= 0.3 is 5.97 Å². The first kappa shape index (κ1) is 17.0. The number of benzene rings is 2. The Balaban J connectivity index is 2.07. The number of hydrogen-bond acceptors (Lipinski definition) is 4. The van der Waals surface area contributed by atoms with E-state index in [1.54, 1.807) is 31.4 Å². The van der Waals surface area contributed by atoms with Gasteiger partial charge < -0.3 is 14.6 Å². The molecule has 1 N–H and O–H groups in total. The maximum atomic E-state index is 12.5. The van der Waals surface area contributed by atoms with Gasteiger partial charge in [0, 0.05) is 5.69 Å². The van der Waals surface area contributed by atoms with Crippen LogP contribution in [0, 0.1) is 6.92 Å². The Morgan fingerprint density at radius 1 is 1.16 bits per heavy atom. The van der Waals surface area contributed by atoms with E-state index in [0.717, 1.165) is 5.56 Å². The highest BCUT2D eigenvalue weighted by molar-refractivity contribution is 5.97. The number of aryl methyl sites for hydroxylation is 1.